The second-order valence-electron chi connectivity index (χ2n) is 4.97. The molecule has 0 aliphatic rings. The molecule has 0 aliphatic heterocycles. The summed E-state index contributed by atoms with van der Waals surface area (Å²) in [5.41, 5.74) is 3.20. The maximum Gasteiger partial charge on any atom is 0.305 e. The number of hydrogen-bond donors (Lipinski definition) is 1. The Morgan fingerprint density at radius 2 is 1.96 bits per heavy atom. The lowest BCUT2D eigenvalue weighted by atomic mass is 10.3. The monoisotopic (exact) mass is 321 g/mol. The van der Waals surface area contributed by atoms with Gasteiger partial charge in [-0.15, -0.1) is 0 Å². The highest BCUT2D eigenvalue weighted by Gasteiger charge is 2.14. The SMILES string of the molecule is O=C(Nn1cnc2c(cnn2-c2ccccc2)c1=O)c1ccco1. The van der Waals surface area contributed by atoms with Gasteiger partial charge in [0.05, 0.1) is 18.1 Å². The summed E-state index contributed by atoms with van der Waals surface area (Å²) in [7, 11) is 0. The molecule has 0 spiro atoms. The maximum absolute atomic E-state index is 12.5. The number of fused-ring (bicyclic) bond motifs is 1. The first-order valence-corrected chi connectivity index (χ1v) is 7.10. The molecule has 0 unspecified atom stereocenters. The van der Waals surface area contributed by atoms with Crippen LogP contribution in [0.15, 0.2) is 70.5 Å². The molecule has 0 bridgehead atoms. The Hall–Kier alpha value is -3.68. The minimum Gasteiger partial charge on any atom is -0.459 e. The molecular weight excluding hydrogens is 310 g/mol. The van der Waals surface area contributed by atoms with Crippen LogP contribution in [0, 0.1) is 0 Å². The number of carbonyl (C=O) groups excluding carboxylic acids is 1. The van der Waals surface area contributed by atoms with Crippen molar-refractivity contribution in [1.82, 2.24) is 19.4 Å². The first kappa shape index (κ1) is 13.9. The van der Waals surface area contributed by atoms with Crippen molar-refractivity contribution in [1.29, 1.82) is 0 Å². The summed E-state index contributed by atoms with van der Waals surface area (Å²) in [6, 6.07) is 12.4. The topological polar surface area (TPSA) is 95.0 Å². The van der Waals surface area contributed by atoms with Gasteiger partial charge in [-0.25, -0.2) is 14.3 Å². The van der Waals surface area contributed by atoms with Crippen molar-refractivity contribution in [2.45, 2.75) is 0 Å². The van der Waals surface area contributed by atoms with Crippen LogP contribution in [0.4, 0.5) is 0 Å². The van der Waals surface area contributed by atoms with Crippen molar-refractivity contribution in [2.24, 2.45) is 0 Å². The molecule has 0 saturated carbocycles. The number of hydrogen-bond acceptors (Lipinski definition) is 5. The molecule has 0 aliphatic carbocycles. The quantitative estimate of drug-likeness (QED) is 0.618. The summed E-state index contributed by atoms with van der Waals surface area (Å²) in [6.07, 6.45) is 4.04. The lowest BCUT2D eigenvalue weighted by Crippen LogP contribution is -2.33. The fourth-order valence-corrected chi connectivity index (χ4v) is 2.32. The highest BCUT2D eigenvalue weighted by molar-refractivity contribution is 5.97. The first-order chi connectivity index (χ1) is 11.7. The maximum atomic E-state index is 12.5. The van der Waals surface area contributed by atoms with Gasteiger partial charge in [0.1, 0.15) is 11.7 Å². The Balaban J connectivity index is 1.74. The Kier molecular flexibility index (Phi) is 3.20. The summed E-state index contributed by atoms with van der Waals surface area (Å²) < 4.78 is 7.56. The molecule has 0 radical (unpaired) electrons. The van der Waals surface area contributed by atoms with Crippen LogP contribution in [0.25, 0.3) is 16.7 Å². The zero-order valence-electron chi connectivity index (χ0n) is 12.3. The lowest BCUT2D eigenvalue weighted by Gasteiger charge is -2.06. The average Bonchev–Trinajstić information content (AvgIpc) is 3.28. The molecule has 118 valence electrons. The molecular formula is C16H11N5O3. The van der Waals surface area contributed by atoms with E-state index < -0.39 is 11.5 Å². The van der Waals surface area contributed by atoms with Gasteiger partial charge in [0.25, 0.3) is 5.56 Å². The van der Waals surface area contributed by atoms with Gasteiger partial charge < -0.3 is 4.42 Å². The van der Waals surface area contributed by atoms with Gasteiger partial charge >= 0.3 is 5.91 Å². The smallest absolute Gasteiger partial charge is 0.305 e. The third-order valence-corrected chi connectivity index (χ3v) is 3.46. The van der Waals surface area contributed by atoms with E-state index in [1.807, 2.05) is 30.3 Å². The van der Waals surface area contributed by atoms with Crippen molar-refractivity contribution in [3.05, 3.63) is 77.4 Å². The van der Waals surface area contributed by atoms with Crippen LogP contribution >= 0.6 is 0 Å². The summed E-state index contributed by atoms with van der Waals surface area (Å²) in [5, 5.41) is 4.50. The van der Waals surface area contributed by atoms with Crippen molar-refractivity contribution in [3.63, 3.8) is 0 Å². The third-order valence-electron chi connectivity index (χ3n) is 3.46. The van der Waals surface area contributed by atoms with Gasteiger partial charge in [-0.3, -0.25) is 15.0 Å². The predicted octanol–water partition coefficient (Wildman–Crippen LogP) is 1.56. The van der Waals surface area contributed by atoms with Crippen LogP contribution in [-0.2, 0) is 0 Å². The molecule has 24 heavy (non-hydrogen) atoms. The van der Waals surface area contributed by atoms with Crippen molar-refractivity contribution in [2.75, 3.05) is 5.43 Å². The van der Waals surface area contributed by atoms with E-state index in [4.69, 9.17) is 4.42 Å². The highest BCUT2D eigenvalue weighted by atomic mass is 16.3. The number of carbonyl (C=O) groups is 1. The molecule has 4 aromatic rings. The summed E-state index contributed by atoms with van der Waals surface area (Å²) >= 11 is 0. The summed E-state index contributed by atoms with van der Waals surface area (Å²) in [6.45, 7) is 0. The molecule has 1 amide bonds. The molecule has 0 saturated heterocycles. The summed E-state index contributed by atoms with van der Waals surface area (Å²) in [4.78, 5) is 28.7. The number of benzene rings is 1. The number of nitrogens with one attached hydrogen (secondary N) is 1. The molecule has 3 heterocycles. The number of nitrogens with zero attached hydrogens (tertiary/aromatic N) is 4. The Labute approximate surface area is 134 Å². The van der Waals surface area contributed by atoms with Crippen LogP contribution in [0.5, 0.6) is 0 Å². The van der Waals surface area contributed by atoms with Crippen LogP contribution in [0.3, 0.4) is 0 Å². The predicted molar refractivity (Wildman–Crippen MR) is 85.5 cm³/mol. The van der Waals surface area contributed by atoms with Gasteiger partial charge in [-0.05, 0) is 24.3 Å². The third kappa shape index (κ3) is 2.26. The number of amides is 1. The molecule has 8 heteroatoms. The second-order valence-corrected chi connectivity index (χ2v) is 4.97. The van der Waals surface area contributed by atoms with E-state index in [1.165, 1.54) is 24.9 Å². The van der Waals surface area contributed by atoms with E-state index >= 15 is 0 Å². The molecule has 1 N–H and O–H groups in total. The Morgan fingerprint density at radius 1 is 1.12 bits per heavy atom. The van der Waals surface area contributed by atoms with E-state index in [2.05, 4.69) is 15.5 Å². The molecule has 0 fully saturated rings. The minimum atomic E-state index is -0.543. The fourth-order valence-electron chi connectivity index (χ4n) is 2.32. The number of para-hydroxylation sites is 1. The molecule has 8 nitrogen and oxygen atoms in total. The minimum absolute atomic E-state index is 0.0991. The fraction of sp³-hybridized carbons (Fsp3) is 0. The normalized spacial score (nSPS) is 10.8. The van der Waals surface area contributed by atoms with E-state index in [1.54, 1.807) is 10.7 Å². The van der Waals surface area contributed by atoms with E-state index in [0.717, 1.165) is 10.4 Å². The largest absolute Gasteiger partial charge is 0.459 e. The zero-order valence-corrected chi connectivity index (χ0v) is 12.3. The van der Waals surface area contributed by atoms with Crippen LogP contribution < -0.4 is 11.0 Å². The summed E-state index contributed by atoms with van der Waals surface area (Å²) in [5.74, 6) is -0.444. The van der Waals surface area contributed by atoms with Crippen LogP contribution in [-0.4, -0.2) is 25.3 Å². The molecule has 1 aromatic carbocycles. The van der Waals surface area contributed by atoms with Gasteiger partial charge in [0, 0.05) is 0 Å². The molecule has 4 rings (SSSR count). The van der Waals surface area contributed by atoms with Crippen molar-refractivity contribution < 1.29 is 9.21 Å². The highest BCUT2D eigenvalue weighted by Crippen LogP contribution is 2.12. The average molecular weight is 321 g/mol. The Morgan fingerprint density at radius 3 is 2.71 bits per heavy atom. The van der Waals surface area contributed by atoms with E-state index in [9.17, 15) is 9.59 Å². The van der Waals surface area contributed by atoms with E-state index in [0.29, 0.717) is 11.0 Å². The second kappa shape index (κ2) is 5.51. The van der Waals surface area contributed by atoms with Gasteiger partial charge in [-0.1, -0.05) is 18.2 Å². The van der Waals surface area contributed by atoms with Crippen LogP contribution in [0.2, 0.25) is 0 Å². The van der Waals surface area contributed by atoms with Crippen molar-refractivity contribution in [3.8, 4) is 5.69 Å². The lowest BCUT2D eigenvalue weighted by molar-refractivity contribution is 0.0980. The molecule has 0 atom stereocenters. The van der Waals surface area contributed by atoms with Gasteiger partial charge in [0.15, 0.2) is 11.4 Å². The van der Waals surface area contributed by atoms with Crippen LogP contribution in [0.1, 0.15) is 10.6 Å². The molecule has 3 aromatic heterocycles. The number of rotatable bonds is 3. The first-order valence-electron chi connectivity index (χ1n) is 7.10. The zero-order chi connectivity index (χ0) is 16.5. The van der Waals surface area contributed by atoms with Gasteiger partial charge in [0.2, 0.25) is 0 Å². The Bertz CT molecular complexity index is 1060. The number of furan rings is 1. The number of aromatic nitrogens is 4. The van der Waals surface area contributed by atoms with E-state index in [-0.39, 0.29) is 5.76 Å². The van der Waals surface area contributed by atoms with Crippen molar-refractivity contribution >= 4 is 16.9 Å². The standard InChI is InChI=1S/C16H11N5O3/c22-15(13-7-4-8-24-13)19-20-10-17-14-12(16(20)23)9-18-21(14)11-5-2-1-3-6-11/h1-10H,(H,19,22). The van der Waals surface area contributed by atoms with Gasteiger partial charge in [-0.2, -0.15) is 5.10 Å².